The third-order valence-corrected chi connectivity index (χ3v) is 4.07. The second kappa shape index (κ2) is 8.41. The van der Waals surface area contributed by atoms with Crippen LogP contribution in [-0.2, 0) is 11.3 Å². The number of likely N-dealkylation sites (N-methyl/N-ethyl adjacent to an activating group) is 1. The Morgan fingerprint density at radius 3 is 2.31 bits per heavy atom. The van der Waals surface area contributed by atoms with Gasteiger partial charge in [-0.05, 0) is 36.4 Å². The second-order valence-electron chi connectivity index (χ2n) is 6.26. The van der Waals surface area contributed by atoms with Gasteiger partial charge in [-0.1, -0.05) is 60.7 Å². The summed E-state index contributed by atoms with van der Waals surface area (Å²) in [6.45, 7) is 0.828. The van der Waals surface area contributed by atoms with E-state index in [1.165, 1.54) is 12.1 Å². The number of hydrogen-bond acceptors (Lipinski definition) is 2. The van der Waals surface area contributed by atoms with Crippen LogP contribution in [-0.4, -0.2) is 24.4 Å². The number of halogens is 1. The quantitative estimate of drug-likeness (QED) is 0.708. The lowest BCUT2D eigenvalue weighted by Gasteiger charge is -2.17. The van der Waals surface area contributed by atoms with Crippen LogP contribution in [0.5, 0.6) is 0 Å². The number of benzene rings is 3. The Bertz CT molecular complexity index is 863. The summed E-state index contributed by atoms with van der Waals surface area (Å²) in [4.78, 5) is 14.3. The molecule has 132 valence electrons. The van der Waals surface area contributed by atoms with Gasteiger partial charge in [0.1, 0.15) is 5.82 Å². The summed E-state index contributed by atoms with van der Waals surface area (Å²) in [6.07, 6.45) is 0. The molecule has 0 fully saturated rings. The molecule has 0 atom stereocenters. The molecule has 0 aliphatic heterocycles. The van der Waals surface area contributed by atoms with Crippen LogP contribution in [0.25, 0.3) is 11.1 Å². The van der Waals surface area contributed by atoms with Crippen LogP contribution >= 0.6 is 0 Å². The van der Waals surface area contributed by atoms with Gasteiger partial charge in [0.25, 0.3) is 0 Å². The Hall–Kier alpha value is -2.98. The summed E-state index contributed by atoms with van der Waals surface area (Å²) < 4.78 is 13.0. The van der Waals surface area contributed by atoms with Crippen molar-refractivity contribution in [3.63, 3.8) is 0 Å². The average Bonchev–Trinajstić information content (AvgIpc) is 2.64. The Kier molecular flexibility index (Phi) is 5.77. The Balaban J connectivity index is 1.64. The number of carbonyl (C=O) groups is 1. The molecule has 0 aromatic heterocycles. The first kappa shape index (κ1) is 17.8. The highest BCUT2D eigenvalue weighted by atomic mass is 19.1. The Labute approximate surface area is 153 Å². The fraction of sp³-hybridized carbons (Fsp3) is 0.136. The number of nitrogens with one attached hydrogen (secondary N) is 1. The van der Waals surface area contributed by atoms with Crippen LogP contribution in [0.3, 0.4) is 0 Å². The molecule has 3 aromatic carbocycles. The molecular weight excluding hydrogens is 327 g/mol. The number of nitrogens with zero attached hydrogens (tertiary/aromatic N) is 1. The van der Waals surface area contributed by atoms with Gasteiger partial charge in [-0.2, -0.15) is 0 Å². The third kappa shape index (κ3) is 4.77. The van der Waals surface area contributed by atoms with Crippen molar-refractivity contribution in [2.24, 2.45) is 0 Å². The lowest BCUT2D eigenvalue weighted by Crippen LogP contribution is -2.30. The molecule has 3 rings (SSSR count). The summed E-state index contributed by atoms with van der Waals surface area (Å²) >= 11 is 0. The highest BCUT2D eigenvalue weighted by Crippen LogP contribution is 2.27. The predicted octanol–water partition coefficient (Wildman–Crippen LogP) is 4.56. The van der Waals surface area contributed by atoms with Gasteiger partial charge < -0.3 is 5.32 Å². The van der Waals surface area contributed by atoms with Crippen LogP contribution in [0.4, 0.5) is 10.1 Å². The highest BCUT2D eigenvalue weighted by molar-refractivity contribution is 5.96. The molecule has 1 amide bonds. The number of hydrogen-bond donors (Lipinski definition) is 1. The van der Waals surface area contributed by atoms with Crippen LogP contribution in [0, 0.1) is 5.82 Å². The molecule has 0 spiro atoms. The maximum Gasteiger partial charge on any atom is 0.238 e. The van der Waals surface area contributed by atoms with Gasteiger partial charge in [0.15, 0.2) is 0 Å². The van der Waals surface area contributed by atoms with Crippen molar-refractivity contribution in [1.29, 1.82) is 0 Å². The topological polar surface area (TPSA) is 32.3 Å². The van der Waals surface area contributed by atoms with Crippen molar-refractivity contribution in [3.8, 4) is 11.1 Å². The highest BCUT2D eigenvalue weighted by Gasteiger charge is 2.11. The van der Waals surface area contributed by atoms with Gasteiger partial charge in [-0.25, -0.2) is 4.39 Å². The zero-order valence-corrected chi connectivity index (χ0v) is 14.7. The fourth-order valence-corrected chi connectivity index (χ4v) is 2.85. The molecule has 0 saturated heterocycles. The van der Waals surface area contributed by atoms with Gasteiger partial charge in [0, 0.05) is 17.8 Å². The number of anilines is 1. The third-order valence-electron chi connectivity index (χ3n) is 4.07. The van der Waals surface area contributed by atoms with E-state index in [1.807, 2.05) is 66.5 Å². The Morgan fingerprint density at radius 2 is 1.58 bits per heavy atom. The maximum absolute atomic E-state index is 13.0. The monoisotopic (exact) mass is 348 g/mol. The van der Waals surface area contributed by atoms with E-state index in [0.29, 0.717) is 6.54 Å². The molecule has 0 bridgehead atoms. The first-order valence-electron chi connectivity index (χ1n) is 8.49. The molecule has 3 aromatic rings. The van der Waals surface area contributed by atoms with E-state index in [4.69, 9.17) is 0 Å². The molecule has 0 heterocycles. The van der Waals surface area contributed by atoms with E-state index in [0.717, 1.165) is 22.4 Å². The van der Waals surface area contributed by atoms with Gasteiger partial charge in [0.2, 0.25) is 5.91 Å². The molecule has 0 unspecified atom stereocenters. The van der Waals surface area contributed by atoms with Crippen molar-refractivity contribution in [1.82, 2.24) is 4.90 Å². The lowest BCUT2D eigenvalue weighted by molar-refractivity contribution is -0.117. The normalized spacial score (nSPS) is 10.7. The van der Waals surface area contributed by atoms with Gasteiger partial charge in [0.05, 0.1) is 6.54 Å². The smallest absolute Gasteiger partial charge is 0.238 e. The van der Waals surface area contributed by atoms with Crippen LogP contribution in [0.1, 0.15) is 5.56 Å². The van der Waals surface area contributed by atoms with Crippen molar-refractivity contribution in [3.05, 3.63) is 90.2 Å². The average molecular weight is 348 g/mol. The van der Waals surface area contributed by atoms with E-state index in [9.17, 15) is 9.18 Å². The Morgan fingerprint density at radius 1 is 0.923 bits per heavy atom. The van der Waals surface area contributed by atoms with Crippen molar-refractivity contribution >= 4 is 11.6 Å². The number of carbonyl (C=O) groups excluding carboxylic acids is 1. The van der Waals surface area contributed by atoms with Gasteiger partial charge in [-0.3, -0.25) is 9.69 Å². The van der Waals surface area contributed by atoms with E-state index in [2.05, 4.69) is 5.32 Å². The number of rotatable bonds is 6. The summed E-state index contributed by atoms with van der Waals surface area (Å²) in [5.74, 6) is -0.343. The minimum absolute atomic E-state index is 0.0852. The zero-order chi connectivity index (χ0) is 18.4. The first-order valence-corrected chi connectivity index (χ1v) is 8.49. The molecule has 0 aliphatic rings. The van der Waals surface area contributed by atoms with E-state index in [-0.39, 0.29) is 18.3 Å². The van der Waals surface area contributed by atoms with Crippen LogP contribution in [0.2, 0.25) is 0 Å². The standard InChI is InChI=1S/C22H21FN2O/c1-25(15-17-11-13-19(23)14-12-17)16-22(26)24-21-10-6-5-9-20(21)18-7-3-2-4-8-18/h2-14H,15-16H2,1H3,(H,24,26). The molecule has 0 radical (unpaired) electrons. The second-order valence-corrected chi connectivity index (χ2v) is 6.26. The minimum Gasteiger partial charge on any atom is -0.324 e. The molecule has 0 saturated carbocycles. The number of amides is 1. The van der Waals surface area contributed by atoms with Gasteiger partial charge in [-0.15, -0.1) is 0 Å². The first-order chi connectivity index (χ1) is 12.6. The summed E-state index contributed by atoms with van der Waals surface area (Å²) in [5.41, 5.74) is 3.80. The predicted molar refractivity (Wildman–Crippen MR) is 103 cm³/mol. The number of para-hydroxylation sites is 1. The zero-order valence-electron chi connectivity index (χ0n) is 14.7. The van der Waals surface area contributed by atoms with E-state index >= 15 is 0 Å². The summed E-state index contributed by atoms with van der Waals surface area (Å²) in [7, 11) is 1.87. The molecule has 4 heteroatoms. The van der Waals surface area contributed by atoms with Crippen molar-refractivity contribution in [2.75, 3.05) is 18.9 Å². The van der Waals surface area contributed by atoms with Gasteiger partial charge >= 0.3 is 0 Å². The molecule has 0 aliphatic carbocycles. The maximum atomic E-state index is 13.0. The fourth-order valence-electron chi connectivity index (χ4n) is 2.85. The SMILES string of the molecule is CN(CC(=O)Nc1ccccc1-c1ccccc1)Cc1ccc(F)cc1. The summed E-state index contributed by atoms with van der Waals surface area (Å²) in [5, 5.41) is 2.99. The van der Waals surface area contributed by atoms with Crippen molar-refractivity contribution < 1.29 is 9.18 Å². The summed E-state index contributed by atoms with van der Waals surface area (Å²) in [6, 6.07) is 24.0. The van der Waals surface area contributed by atoms with Crippen LogP contribution in [0.15, 0.2) is 78.9 Å². The van der Waals surface area contributed by atoms with Crippen molar-refractivity contribution in [2.45, 2.75) is 6.54 Å². The van der Waals surface area contributed by atoms with E-state index in [1.54, 1.807) is 12.1 Å². The lowest BCUT2D eigenvalue weighted by atomic mass is 10.0. The largest absolute Gasteiger partial charge is 0.324 e. The molecule has 3 nitrogen and oxygen atoms in total. The molecular formula is C22H21FN2O. The van der Waals surface area contributed by atoms with Crippen LogP contribution < -0.4 is 5.32 Å². The molecule has 1 N–H and O–H groups in total. The molecule has 26 heavy (non-hydrogen) atoms. The minimum atomic E-state index is -0.258. The van der Waals surface area contributed by atoms with E-state index < -0.39 is 0 Å².